The molecule has 2 aliphatic rings. The zero-order valence-corrected chi connectivity index (χ0v) is 11.5. The molecule has 2 heterocycles. The quantitative estimate of drug-likeness (QED) is 0.765. The first-order valence-corrected chi connectivity index (χ1v) is 6.98. The minimum atomic E-state index is 0.0418. The van der Waals surface area contributed by atoms with Crippen molar-refractivity contribution >= 4 is 11.7 Å². The summed E-state index contributed by atoms with van der Waals surface area (Å²) in [5.74, 6) is 0. The van der Waals surface area contributed by atoms with E-state index in [2.05, 4.69) is 37.4 Å². The number of amides is 2. The number of carbonyl (C=O) groups excluding carboxylic acids is 1. The summed E-state index contributed by atoms with van der Waals surface area (Å²) in [6.07, 6.45) is 7.60. The number of benzene rings is 1. The van der Waals surface area contributed by atoms with Crippen LogP contribution >= 0.6 is 0 Å². The third-order valence-electron chi connectivity index (χ3n) is 4.31. The number of urea groups is 1. The van der Waals surface area contributed by atoms with Crippen LogP contribution in [0.2, 0.25) is 0 Å². The van der Waals surface area contributed by atoms with Crippen molar-refractivity contribution in [3.8, 4) is 0 Å². The van der Waals surface area contributed by atoms with Gasteiger partial charge in [0.25, 0.3) is 0 Å². The SMILES string of the molecule is Cc1ccc(NC(=O)N2[C@H]3CC=C[C@H]2CC3)cc1C. The first-order valence-electron chi connectivity index (χ1n) is 6.98. The molecule has 1 fully saturated rings. The summed E-state index contributed by atoms with van der Waals surface area (Å²) < 4.78 is 0. The minimum Gasteiger partial charge on any atom is -0.315 e. The van der Waals surface area contributed by atoms with E-state index in [0.29, 0.717) is 12.1 Å². The Balaban J connectivity index is 1.75. The highest BCUT2D eigenvalue weighted by atomic mass is 16.2. The predicted octanol–water partition coefficient (Wildman–Crippen LogP) is 3.63. The number of hydrogen-bond acceptors (Lipinski definition) is 1. The van der Waals surface area contributed by atoms with Gasteiger partial charge in [-0.2, -0.15) is 0 Å². The smallest absolute Gasteiger partial charge is 0.315 e. The molecule has 3 rings (SSSR count). The maximum atomic E-state index is 12.4. The number of rotatable bonds is 1. The summed E-state index contributed by atoms with van der Waals surface area (Å²) in [5, 5.41) is 3.03. The van der Waals surface area contributed by atoms with Gasteiger partial charge >= 0.3 is 6.03 Å². The maximum Gasteiger partial charge on any atom is 0.322 e. The van der Waals surface area contributed by atoms with Crippen molar-refractivity contribution in [3.63, 3.8) is 0 Å². The lowest BCUT2D eigenvalue weighted by atomic mass is 10.1. The number of hydrogen-bond donors (Lipinski definition) is 1. The number of fused-ring (bicyclic) bond motifs is 2. The van der Waals surface area contributed by atoms with E-state index in [1.165, 1.54) is 11.1 Å². The van der Waals surface area contributed by atoms with Crippen LogP contribution in [-0.2, 0) is 0 Å². The molecule has 1 aromatic carbocycles. The van der Waals surface area contributed by atoms with Gasteiger partial charge in [-0.25, -0.2) is 4.79 Å². The molecule has 2 aliphatic heterocycles. The summed E-state index contributed by atoms with van der Waals surface area (Å²) in [6, 6.07) is 6.79. The third kappa shape index (κ3) is 2.25. The fourth-order valence-corrected chi connectivity index (χ4v) is 3.05. The van der Waals surface area contributed by atoms with Gasteiger partial charge in [-0.3, -0.25) is 0 Å². The molecular formula is C16H20N2O. The lowest BCUT2D eigenvalue weighted by Crippen LogP contribution is -2.44. The van der Waals surface area contributed by atoms with Crippen molar-refractivity contribution in [2.45, 2.75) is 45.2 Å². The predicted molar refractivity (Wildman–Crippen MR) is 77.3 cm³/mol. The average Bonchev–Trinajstić information content (AvgIpc) is 2.64. The van der Waals surface area contributed by atoms with Gasteiger partial charge in [0.05, 0.1) is 6.04 Å². The molecule has 1 N–H and O–H groups in total. The monoisotopic (exact) mass is 256 g/mol. The molecule has 3 nitrogen and oxygen atoms in total. The van der Waals surface area contributed by atoms with Crippen LogP contribution in [0.5, 0.6) is 0 Å². The van der Waals surface area contributed by atoms with Gasteiger partial charge in [-0.15, -0.1) is 0 Å². The average molecular weight is 256 g/mol. The van der Waals surface area contributed by atoms with Crippen molar-refractivity contribution < 1.29 is 4.79 Å². The molecule has 2 amide bonds. The van der Waals surface area contributed by atoms with E-state index in [1.54, 1.807) is 0 Å². The second-order valence-corrected chi connectivity index (χ2v) is 5.60. The summed E-state index contributed by atoms with van der Waals surface area (Å²) in [6.45, 7) is 4.15. The minimum absolute atomic E-state index is 0.0418. The highest BCUT2D eigenvalue weighted by Gasteiger charge is 2.37. The third-order valence-corrected chi connectivity index (χ3v) is 4.31. The van der Waals surface area contributed by atoms with E-state index in [9.17, 15) is 4.79 Å². The number of carbonyl (C=O) groups is 1. The van der Waals surface area contributed by atoms with Gasteiger partial charge < -0.3 is 10.2 Å². The fraction of sp³-hybridized carbons (Fsp3) is 0.438. The first kappa shape index (κ1) is 12.3. The van der Waals surface area contributed by atoms with Crippen LogP contribution in [0.1, 0.15) is 30.4 Å². The summed E-state index contributed by atoms with van der Waals surface area (Å²) in [7, 11) is 0. The zero-order valence-electron chi connectivity index (χ0n) is 11.5. The Hall–Kier alpha value is -1.77. The normalized spacial score (nSPS) is 24.6. The van der Waals surface area contributed by atoms with Crippen LogP contribution in [0.25, 0.3) is 0 Å². The second kappa shape index (κ2) is 4.72. The van der Waals surface area contributed by atoms with Crippen molar-refractivity contribution in [2.75, 3.05) is 5.32 Å². The van der Waals surface area contributed by atoms with E-state index in [1.807, 2.05) is 17.0 Å². The summed E-state index contributed by atoms with van der Waals surface area (Å²) in [5.41, 5.74) is 3.35. The molecule has 2 bridgehead atoms. The van der Waals surface area contributed by atoms with Crippen LogP contribution in [0, 0.1) is 13.8 Å². The van der Waals surface area contributed by atoms with E-state index in [0.717, 1.165) is 24.9 Å². The highest BCUT2D eigenvalue weighted by molar-refractivity contribution is 5.90. The molecule has 100 valence electrons. The van der Waals surface area contributed by atoms with Crippen molar-refractivity contribution in [1.29, 1.82) is 0 Å². The van der Waals surface area contributed by atoms with E-state index in [-0.39, 0.29) is 6.03 Å². The van der Waals surface area contributed by atoms with Crippen molar-refractivity contribution in [2.24, 2.45) is 0 Å². The molecule has 19 heavy (non-hydrogen) atoms. The van der Waals surface area contributed by atoms with E-state index < -0.39 is 0 Å². The van der Waals surface area contributed by atoms with Gasteiger partial charge in [0.2, 0.25) is 0 Å². The largest absolute Gasteiger partial charge is 0.322 e. The standard InChI is InChI=1S/C16H20N2O/c1-11-6-7-13(10-12(11)2)17-16(19)18-14-4-3-5-15(18)9-8-14/h3-4,6-7,10,14-15H,5,8-9H2,1-2H3,(H,17,19)/t14-,15-/m0/s1. The maximum absolute atomic E-state index is 12.4. The van der Waals surface area contributed by atoms with Gasteiger partial charge in [0, 0.05) is 11.7 Å². The Kier molecular flexibility index (Phi) is 3.05. The number of nitrogens with zero attached hydrogens (tertiary/aromatic N) is 1. The summed E-state index contributed by atoms with van der Waals surface area (Å²) in [4.78, 5) is 14.4. The molecule has 0 saturated carbocycles. The van der Waals surface area contributed by atoms with Gasteiger partial charge in [-0.05, 0) is 56.4 Å². The van der Waals surface area contributed by atoms with E-state index >= 15 is 0 Å². The molecule has 2 atom stereocenters. The number of anilines is 1. The Morgan fingerprint density at radius 3 is 2.84 bits per heavy atom. The number of aryl methyl sites for hydroxylation is 2. The second-order valence-electron chi connectivity index (χ2n) is 5.60. The van der Waals surface area contributed by atoms with Crippen LogP contribution in [-0.4, -0.2) is 23.0 Å². The van der Waals surface area contributed by atoms with Crippen molar-refractivity contribution in [1.82, 2.24) is 4.90 Å². The molecule has 3 heteroatoms. The topological polar surface area (TPSA) is 32.3 Å². The van der Waals surface area contributed by atoms with Crippen LogP contribution in [0.3, 0.4) is 0 Å². The van der Waals surface area contributed by atoms with Crippen LogP contribution in [0.15, 0.2) is 30.4 Å². The molecule has 1 aromatic rings. The molecular weight excluding hydrogens is 236 g/mol. The zero-order chi connectivity index (χ0) is 13.4. The Labute approximate surface area is 114 Å². The molecule has 0 unspecified atom stereocenters. The highest BCUT2D eigenvalue weighted by Crippen LogP contribution is 2.32. The van der Waals surface area contributed by atoms with Gasteiger partial charge in [-0.1, -0.05) is 18.2 Å². The number of nitrogens with one attached hydrogen (secondary N) is 1. The van der Waals surface area contributed by atoms with Gasteiger partial charge in [0.1, 0.15) is 0 Å². The van der Waals surface area contributed by atoms with E-state index in [4.69, 9.17) is 0 Å². The lowest BCUT2D eigenvalue weighted by molar-refractivity contribution is 0.192. The van der Waals surface area contributed by atoms with Crippen LogP contribution in [0.4, 0.5) is 10.5 Å². The molecule has 0 radical (unpaired) electrons. The molecule has 1 saturated heterocycles. The first-order chi connectivity index (χ1) is 9.15. The van der Waals surface area contributed by atoms with Gasteiger partial charge in [0.15, 0.2) is 0 Å². The molecule has 0 spiro atoms. The van der Waals surface area contributed by atoms with Crippen LogP contribution < -0.4 is 5.32 Å². The fourth-order valence-electron chi connectivity index (χ4n) is 3.05. The lowest BCUT2D eigenvalue weighted by Gasteiger charge is -2.31. The Morgan fingerprint density at radius 2 is 2.11 bits per heavy atom. The molecule has 0 aromatic heterocycles. The summed E-state index contributed by atoms with van der Waals surface area (Å²) >= 11 is 0. The molecule has 0 aliphatic carbocycles. The Bertz CT molecular complexity index is 536. The van der Waals surface area contributed by atoms with Crippen molar-refractivity contribution in [3.05, 3.63) is 41.5 Å². The Morgan fingerprint density at radius 1 is 1.26 bits per heavy atom.